The summed E-state index contributed by atoms with van der Waals surface area (Å²) >= 11 is 0. The van der Waals surface area contributed by atoms with Crippen molar-refractivity contribution >= 4 is 15.9 Å². The van der Waals surface area contributed by atoms with E-state index in [1.807, 2.05) is 0 Å². The fourth-order valence-corrected chi connectivity index (χ4v) is 5.31. The van der Waals surface area contributed by atoms with E-state index in [0.717, 1.165) is 39.3 Å². The van der Waals surface area contributed by atoms with Gasteiger partial charge in [0.1, 0.15) is 11.6 Å². The zero-order chi connectivity index (χ0) is 24.4. The van der Waals surface area contributed by atoms with Crippen molar-refractivity contribution in [2.24, 2.45) is 13.0 Å². The molecule has 182 valence electrons. The van der Waals surface area contributed by atoms with Crippen molar-refractivity contribution in [1.29, 1.82) is 0 Å². The molecule has 1 aliphatic rings. The van der Waals surface area contributed by atoms with Crippen LogP contribution < -0.4 is 5.32 Å². The number of nitrogens with zero attached hydrogens (tertiary/aromatic N) is 3. The molecule has 2 atom stereocenters. The lowest BCUT2D eigenvalue weighted by molar-refractivity contribution is -0.272. The molecule has 0 spiro atoms. The van der Waals surface area contributed by atoms with Gasteiger partial charge in [-0.15, -0.1) is 0 Å². The van der Waals surface area contributed by atoms with Crippen LogP contribution >= 0.6 is 0 Å². The van der Waals surface area contributed by atoms with E-state index in [1.165, 1.54) is 13.2 Å². The Morgan fingerprint density at radius 3 is 2.52 bits per heavy atom. The van der Waals surface area contributed by atoms with Crippen molar-refractivity contribution in [3.8, 4) is 0 Å². The highest BCUT2D eigenvalue weighted by atomic mass is 32.2. The Labute approximate surface area is 188 Å². The molecule has 1 saturated heterocycles. The topological polar surface area (TPSA) is 105 Å². The second kappa shape index (κ2) is 9.39. The van der Waals surface area contributed by atoms with Gasteiger partial charge in [0.05, 0.1) is 10.8 Å². The number of benzene rings is 1. The molecule has 2 unspecified atom stereocenters. The van der Waals surface area contributed by atoms with E-state index in [1.54, 1.807) is 0 Å². The van der Waals surface area contributed by atoms with Crippen LogP contribution in [0.5, 0.6) is 0 Å². The summed E-state index contributed by atoms with van der Waals surface area (Å²) in [5.74, 6) is -2.58. The van der Waals surface area contributed by atoms with Gasteiger partial charge >= 0.3 is 6.18 Å². The van der Waals surface area contributed by atoms with Crippen LogP contribution in [0.25, 0.3) is 0 Å². The molecule has 2 heterocycles. The van der Waals surface area contributed by atoms with Gasteiger partial charge in [-0.25, -0.2) is 17.8 Å². The number of rotatable bonds is 7. The Morgan fingerprint density at radius 1 is 1.27 bits per heavy atom. The van der Waals surface area contributed by atoms with Crippen LogP contribution in [-0.2, 0) is 27.5 Å². The third kappa shape index (κ3) is 5.20. The molecule has 13 heteroatoms. The second-order valence-corrected chi connectivity index (χ2v) is 9.85. The number of nitrogens with one attached hydrogen (secondary N) is 1. The number of sulfonamides is 1. The molecule has 0 aliphatic carbocycles. The van der Waals surface area contributed by atoms with E-state index in [4.69, 9.17) is 0 Å². The van der Waals surface area contributed by atoms with Gasteiger partial charge in [-0.2, -0.15) is 17.5 Å². The van der Waals surface area contributed by atoms with Crippen molar-refractivity contribution < 1.29 is 35.9 Å². The van der Waals surface area contributed by atoms with Gasteiger partial charge in [-0.05, 0) is 37.1 Å². The Hall–Kier alpha value is -2.51. The predicted molar refractivity (Wildman–Crippen MR) is 109 cm³/mol. The molecule has 1 amide bonds. The number of alkyl halides is 3. The average Bonchev–Trinajstić information content (AvgIpc) is 3.19. The minimum Gasteiger partial charge on any atom is -0.374 e. The first-order valence-corrected chi connectivity index (χ1v) is 11.6. The molecular formula is C20H24F4N4O4S. The van der Waals surface area contributed by atoms with Crippen molar-refractivity contribution in [3.63, 3.8) is 0 Å². The van der Waals surface area contributed by atoms with E-state index in [9.17, 15) is 35.9 Å². The quantitative estimate of drug-likeness (QED) is 0.575. The monoisotopic (exact) mass is 492 g/mol. The standard InChI is InChI=1S/C20H24F4N4O4S/c1-27-12-10-26-18(27)19(30,20(22,23)24)8-9-25-17(29)14-3-2-11-28(13-14)33(31,32)16-6-4-15(21)5-7-16/h4-7,10,12,14,30H,2-3,8-9,11,13H2,1H3,(H,25,29). The minimum absolute atomic E-state index is 0.115. The molecule has 0 saturated carbocycles. The molecule has 2 N–H and O–H groups in total. The molecule has 8 nitrogen and oxygen atoms in total. The average molecular weight is 492 g/mol. The van der Waals surface area contributed by atoms with Crippen LogP contribution in [0.1, 0.15) is 25.1 Å². The first-order valence-electron chi connectivity index (χ1n) is 10.2. The Balaban J connectivity index is 1.64. The van der Waals surface area contributed by atoms with Crippen LogP contribution in [0, 0.1) is 11.7 Å². The molecule has 1 fully saturated rings. The zero-order valence-electron chi connectivity index (χ0n) is 17.7. The smallest absolute Gasteiger partial charge is 0.374 e. The molecule has 1 aromatic carbocycles. The Bertz CT molecular complexity index is 1090. The maximum atomic E-state index is 13.6. The van der Waals surface area contributed by atoms with Gasteiger partial charge in [0.15, 0.2) is 0 Å². The lowest BCUT2D eigenvalue weighted by Gasteiger charge is -2.32. The van der Waals surface area contributed by atoms with E-state index in [-0.39, 0.29) is 18.0 Å². The summed E-state index contributed by atoms with van der Waals surface area (Å²) in [6, 6.07) is 4.29. The highest BCUT2D eigenvalue weighted by Crippen LogP contribution is 2.40. The predicted octanol–water partition coefficient (Wildman–Crippen LogP) is 1.92. The molecule has 0 bridgehead atoms. The number of aliphatic hydroxyl groups is 1. The fourth-order valence-electron chi connectivity index (χ4n) is 3.79. The Kier molecular flexibility index (Phi) is 7.15. The van der Waals surface area contributed by atoms with Gasteiger partial charge in [0, 0.05) is 45.5 Å². The summed E-state index contributed by atoms with van der Waals surface area (Å²) in [7, 11) is -2.64. The molecular weight excluding hydrogens is 468 g/mol. The highest BCUT2D eigenvalue weighted by molar-refractivity contribution is 7.89. The van der Waals surface area contributed by atoms with Crippen molar-refractivity contribution in [2.75, 3.05) is 19.6 Å². The maximum absolute atomic E-state index is 13.6. The summed E-state index contributed by atoms with van der Waals surface area (Å²) < 4.78 is 81.6. The van der Waals surface area contributed by atoms with Crippen LogP contribution in [0.4, 0.5) is 17.6 Å². The lowest BCUT2D eigenvalue weighted by Crippen LogP contribution is -2.48. The molecule has 33 heavy (non-hydrogen) atoms. The van der Waals surface area contributed by atoms with Gasteiger partial charge in [0.25, 0.3) is 0 Å². The number of hydrogen-bond acceptors (Lipinski definition) is 5. The number of aryl methyl sites for hydroxylation is 1. The second-order valence-electron chi connectivity index (χ2n) is 7.92. The summed E-state index contributed by atoms with van der Waals surface area (Å²) in [5, 5.41) is 12.7. The number of carbonyl (C=O) groups excluding carboxylic acids is 1. The molecule has 3 rings (SSSR count). The lowest BCUT2D eigenvalue weighted by atomic mass is 9.96. The van der Waals surface area contributed by atoms with Crippen molar-refractivity contribution in [3.05, 3.63) is 48.3 Å². The Morgan fingerprint density at radius 2 is 1.94 bits per heavy atom. The molecule has 1 aliphatic heterocycles. The number of imidazole rings is 1. The van der Waals surface area contributed by atoms with E-state index < -0.39 is 58.2 Å². The van der Waals surface area contributed by atoms with Crippen molar-refractivity contribution in [1.82, 2.24) is 19.2 Å². The highest BCUT2D eigenvalue weighted by Gasteiger charge is 2.57. The number of amides is 1. The van der Waals surface area contributed by atoms with E-state index >= 15 is 0 Å². The van der Waals surface area contributed by atoms with Crippen LogP contribution in [0.2, 0.25) is 0 Å². The number of hydrogen-bond donors (Lipinski definition) is 2. The summed E-state index contributed by atoms with van der Waals surface area (Å²) in [4.78, 5) is 16.1. The SMILES string of the molecule is Cn1ccnc1C(O)(CCNC(=O)C1CCCN(S(=O)(=O)c2ccc(F)cc2)C1)C(F)(F)F. The summed E-state index contributed by atoms with van der Waals surface area (Å²) in [5.41, 5.74) is -3.26. The van der Waals surface area contributed by atoms with Gasteiger partial charge < -0.3 is 15.0 Å². The van der Waals surface area contributed by atoms with Gasteiger partial charge in [0.2, 0.25) is 21.5 Å². The number of aromatic nitrogens is 2. The van der Waals surface area contributed by atoms with Gasteiger partial charge in [-0.1, -0.05) is 0 Å². The number of halogens is 4. The van der Waals surface area contributed by atoms with Crippen LogP contribution in [-0.4, -0.2) is 59.1 Å². The first kappa shape index (κ1) is 25.1. The maximum Gasteiger partial charge on any atom is 0.424 e. The molecule has 0 radical (unpaired) electrons. The van der Waals surface area contributed by atoms with Crippen LogP contribution in [0.3, 0.4) is 0 Å². The van der Waals surface area contributed by atoms with E-state index in [2.05, 4.69) is 10.3 Å². The van der Waals surface area contributed by atoms with Crippen LogP contribution in [0.15, 0.2) is 41.6 Å². The summed E-state index contributed by atoms with van der Waals surface area (Å²) in [6.07, 6.45) is -2.77. The third-order valence-corrected chi connectivity index (χ3v) is 7.53. The van der Waals surface area contributed by atoms with Crippen molar-refractivity contribution in [2.45, 2.75) is 35.9 Å². The fraction of sp³-hybridized carbons (Fsp3) is 0.500. The first-order chi connectivity index (χ1) is 15.4. The minimum atomic E-state index is -5.03. The van der Waals surface area contributed by atoms with E-state index in [0.29, 0.717) is 12.8 Å². The number of carbonyl (C=O) groups is 1. The van der Waals surface area contributed by atoms with Gasteiger partial charge in [-0.3, -0.25) is 4.79 Å². The third-order valence-electron chi connectivity index (χ3n) is 5.65. The number of piperidine rings is 1. The normalized spacial score (nSPS) is 19.8. The molecule has 1 aromatic heterocycles. The zero-order valence-corrected chi connectivity index (χ0v) is 18.5. The summed E-state index contributed by atoms with van der Waals surface area (Å²) in [6.45, 7) is -0.492. The molecule has 2 aromatic rings. The largest absolute Gasteiger partial charge is 0.424 e.